The summed E-state index contributed by atoms with van der Waals surface area (Å²) in [6.07, 6.45) is 1.65. The van der Waals surface area contributed by atoms with Crippen LogP contribution >= 0.6 is 0 Å². The van der Waals surface area contributed by atoms with Crippen molar-refractivity contribution in [1.29, 1.82) is 0 Å². The Bertz CT molecular complexity index is 1210. The second-order valence-corrected chi connectivity index (χ2v) is 7.50. The summed E-state index contributed by atoms with van der Waals surface area (Å²) in [6.45, 7) is 7.88. The molecule has 0 bridgehead atoms. The first-order valence-corrected chi connectivity index (χ1v) is 10.1. The van der Waals surface area contributed by atoms with Gasteiger partial charge in [-0.1, -0.05) is 41.1 Å². The molecule has 0 saturated carbocycles. The van der Waals surface area contributed by atoms with Crippen LogP contribution in [0.2, 0.25) is 0 Å². The summed E-state index contributed by atoms with van der Waals surface area (Å²) in [5, 5.41) is 17.4. The van der Waals surface area contributed by atoms with Gasteiger partial charge in [0.1, 0.15) is 0 Å². The molecule has 2 amide bonds. The molecule has 164 valence electrons. The third-order valence-corrected chi connectivity index (χ3v) is 5.38. The van der Waals surface area contributed by atoms with Gasteiger partial charge in [0.05, 0.1) is 18.7 Å². The number of ether oxygens (including phenoxy) is 1. The van der Waals surface area contributed by atoms with E-state index in [1.807, 2.05) is 38.1 Å². The summed E-state index contributed by atoms with van der Waals surface area (Å²) >= 11 is 0. The number of carbonyl (C=O) groups is 1. The molecule has 0 fully saturated rings. The van der Waals surface area contributed by atoms with Crippen LogP contribution in [0.25, 0.3) is 17.0 Å². The van der Waals surface area contributed by atoms with Gasteiger partial charge in [-0.3, -0.25) is 4.90 Å². The molecule has 1 aromatic heterocycles. The SMILES string of the molecule is C=CCN1C(=O)NC(c2ccc(OC)c(O)c2)C(c2nc(-c3cccc(C)c3)no2)=C1C. The molecule has 0 radical (unpaired) electrons. The van der Waals surface area contributed by atoms with Crippen LogP contribution < -0.4 is 10.1 Å². The monoisotopic (exact) mass is 432 g/mol. The first kappa shape index (κ1) is 21.2. The quantitative estimate of drug-likeness (QED) is 0.559. The number of amides is 2. The van der Waals surface area contributed by atoms with Crippen molar-refractivity contribution >= 4 is 11.6 Å². The van der Waals surface area contributed by atoms with Crippen LogP contribution in [0.4, 0.5) is 4.79 Å². The minimum Gasteiger partial charge on any atom is -0.504 e. The number of benzene rings is 2. The van der Waals surface area contributed by atoms with Crippen molar-refractivity contribution in [1.82, 2.24) is 20.4 Å². The van der Waals surface area contributed by atoms with Gasteiger partial charge in [-0.05, 0) is 37.6 Å². The maximum Gasteiger partial charge on any atom is 0.322 e. The van der Waals surface area contributed by atoms with Gasteiger partial charge in [-0.15, -0.1) is 6.58 Å². The Kier molecular flexibility index (Phi) is 5.68. The lowest BCUT2D eigenvalue weighted by atomic mass is 9.94. The molecular weight excluding hydrogens is 408 g/mol. The molecule has 2 aromatic carbocycles. The van der Waals surface area contributed by atoms with E-state index in [2.05, 4.69) is 22.0 Å². The van der Waals surface area contributed by atoms with E-state index in [4.69, 9.17) is 9.26 Å². The fourth-order valence-corrected chi connectivity index (χ4v) is 3.78. The number of nitrogens with one attached hydrogen (secondary N) is 1. The molecule has 8 nitrogen and oxygen atoms in total. The highest BCUT2D eigenvalue weighted by atomic mass is 16.5. The lowest BCUT2D eigenvalue weighted by Gasteiger charge is -2.34. The maximum atomic E-state index is 12.8. The second kappa shape index (κ2) is 8.58. The van der Waals surface area contributed by atoms with Gasteiger partial charge >= 0.3 is 6.03 Å². The zero-order chi connectivity index (χ0) is 22.8. The van der Waals surface area contributed by atoms with Crippen LogP contribution in [0.15, 0.2) is 65.3 Å². The molecule has 1 aliphatic rings. The van der Waals surface area contributed by atoms with E-state index in [0.29, 0.717) is 35.0 Å². The number of allylic oxidation sites excluding steroid dienone is 1. The van der Waals surface area contributed by atoms with Gasteiger partial charge in [0.15, 0.2) is 11.5 Å². The second-order valence-electron chi connectivity index (χ2n) is 7.50. The number of methoxy groups -OCH3 is 1. The molecule has 2 N–H and O–H groups in total. The first-order chi connectivity index (χ1) is 15.4. The summed E-state index contributed by atoms with van der Waals surface area (Å²) in [5.41, 5.74) is 3.87. The molecule has 1 atom stereocenters. The van der Waals surface area contributed by atoms with Crippen molar-refractivity contribution in [3.63, 3.8) is 0 Å². The van der Waals surface area contributed by atoms with Gasteiger partial charge in [-0.25, -0.2) is 4.79 Å². The number of hydrogen-bond acceptors (Lipinski definition) is 6. The molecule has 0 aliphatic carbocycles. The number of aromatic nitrogens is 2. The molecule has 4 rings (SSSR count). The molecule has 2 heterocycles. The van der Waals surface area contributed by atoms with Crippen LogP contribution in [0.5, 0.6) is 11.5 Å². The highest BCUT2D eigenvalue weighted by Crippen LogP contribution is 2.39. The normalized spacial score (nSPS) is 16.2. The topological polar surface area (TPSA) is 101 Å². The molecule has 3 aromatic rings. The lowest BCUT2D eigenvalue weighted by molar-refractivity contribution is 0.209. The van der Waals surface area contributed by atoms with Gasteiger partial charge in [-0.2, -0.15) is 4.98 Å². The van der Waals surface area contributed by atoms with E-state index in [0.717, 1.165) is 11.1 Å². The number of nitrogens with zero attached hydrogens (tertiary/aromatic N) is 3. The summed E-state index contributed by atoms with van der Waals surface area (Å²) in [6, 6.07) is 11.9. The van der Waals surface area contributed by atoms with E-state index < -0.39 is 6.04 Å². The minimum atomic E-state index is -0.605. The van der Waals surface area contributed by atoms with Crippen LogP contribution in [-0.2, 0) is 0 Å². The van der Waals surface area contributed by atoms with E-state index in [9.17, 15) is 9.90 Å². The van der Waals surface area contributed by atoms with E-state index >= 15 is 0 Å². The third kappa shape index (κ3) is 3.82. The predicted octanol–water partition coefficient (Wildman–Crippen LogP) is 4.44. The van der Waals surface area contributed by atoms with Crippen molar-refractivity contribution in [2.24, 2.45) is 0 Å². The Labute approximate surface area is 185 Å². The molecule has 0 saturated heterocycles. The number of carbonyl (C=O) groups excluding carboxylic acids is 1. The predicted molar refractivity (Wildman–Crippen MR) is 120 cm³/mol. The Morgan fingerprint density at radius 1 is 1.28 bits per heavy atom. The molecule has 1 unspecified atom stereocenters. The van der Waals surface area contributed by atoms with Crippen molar-refractivity contribution < 1.29 is 19.2 Å². The van der Waals surface area contributed by atoms with Crippen LogP contribution in [0, 0.1) is 6.92 Å². The lowest BCUT2D eigenvalue weighted by Crippen LogP contribution is -2.46. The van der Waals surface area contributed by atoms with Crippen molar-refractivity contribution in [2.45, 2.75) is 19.9 Å². The summed E-state index contributed by atoms with van der Waals surface area (Å²) in [4.78, 5) is 19.0. The van der Waals surface area contributed by atoms with Crippen molar-refractivity contribution in [3.05, 3.63) is 77.8 Å². The van der Waals surface area contributed by atoms with Gasteiger partial charge in [0.25, 0.3) is 5.89 Å². The number of aryl methyl sites for hydroxylation is 1. The fourth-order valence-electron chi connectivity index (χ4n) is 3.78. The Hall–Kier alpha value is -4.07. The zero-order valence-corrected chi connectivity index (χ0v) is 18.1. The van der Waals surface area contributed by atoms with Crippen molar-refractivity contribution in [2.75, 3.05) is 13.7 Å². The number of phenolic OH excluding ortho intramolecular Hbond substituents is 1. The Balaban J connectivity index is 1.83. The van der Waals surface area contributed by atoms with E-state index in [1.165, 1.54) is 7.11 Å². The van der Waals surface area contributed by atoms with Crippen LogP contribution in [0.1, 0.15) is 30.0 Å². The smallest absolute Gasteiger partial charge is 0.322 e. The Morgan fingerprint density at radius 3 is 2.78 bits per heavy atom. The third-order valence-electron chi connectivity index (χ3n) is 5.38. The largest absolute Gasteiger partial charge is 0.504 e. The molecular formula is C24H24N4O4. The van der Waals surface area contributed by atoms with E-state index in [-0.39, 0.29) is 17.7 Å². The minimum absolute atomic E-state index is 0.0317. The number of hydrogen-bond donors (Lipinski definition) is 2. The average molecular weight is 432 g/mol. The number of aromatic hydroxyl groups is 1. The van der Waals surface area contributed by atoms with Gasteiger partial charge in [0, 0.05) is 17.8 Å². The van der Waals surface area contributed by atoms with Gasteiger partial charge in [0.2, 0.25) is 5.82 Å². The van der Waals surface area contributed by atoms with Crippen molar-refractivity contribution in [3.8, 4) is 22.9 Å². The summed E-state index contributed by atoms with van der Waals surface area (Å²) in [7, 11) is 1.48. The highest BCUT2D eigenvalue weighted by molar-refractivity contribution is 5.87. The highest BCUT2D eigenvalue weighted by Gasteiger charge is 2.35. The average Bonchev–Trinajstić information content (AvgIpc) is 3.26. The summed E-state index contributed by atoms with van der Waals surface area (Å²) in [5.74, 6) is 1.04. The van der Waals surface area contributed by atoms with Gasteiger partial charge < -0.3 is 19.7 Å². The fraction of sp³-hybridized carbons (Fsp3) is 0.208. The molecule has 1 aliphatic heterocycles. The Morgan fingerprint density at radius 2 is 2.09 bits per heavy atom. The zero-order valence-electron chi connectivity index (χ0n) is 18.1. The standard InChI is InChI=1S/C24H24N4O4/c1-5-11-28-15(3)20(23-26-22(27-32-23)17-8-6-7-14(2)12-17)21(25-24(28)30)16-9-10-19(31-4)18(29)13-16/h5-10,12-13,21,29H,1,11H2,2-4H3,(H,25,30). The first-order valence-electron chi connectivity index (χ1n) is 10.1. The molecule has 0 spiro atoms. The number of urea groups is 1. The molecule has 8 heteroatoms. The van der Waals surface area contributed by atoms with E-state index in [1.54, 1.807) is 29.2 Å². The maximum absolute atomic E-state index is 12.8. The molecule has 32 heavy (non-hydrogen) atoms. The van der Waals surface area contributed by atoms with Crippen LogP contribution in [-0.4, -0.2) is 39.8 Å². The number of rotatable bonds is 6. The summed E-state index contributed by atoms with van der Waals surface area (Å²) < 4.78 is 10.8. The number of phenols is 1. The van der Waals surface area contributed by atoms with Crippen LogP contribution in [0.3, 0.4) is 0 Å².